The Labute approximate surface area is 133 Å². The molecular formula is C17H27N5. The summed E-state index contributed by atoms with van der Waals surface area (Å²) in [7, 11) is 4.02. The van der Waals surface area contributed by atoms with Crippen LogP contribution in [-0.2, 0) is 7.05 Å². The number of aromatic nitrogens is 3. The van der Waals surface area contributed by atoms with Crippen molar-refractivity contribution in [1.29, 1.82) is 0 Å². The van der Waals surface area contributed by atoms with Crippen LogP contribution in [0.4, 0.5) is 11.5 Å². The SMILES string of the molecule is CCCCCN(C)c1nc(-c2c(C)nn(C)c2C)ccc1N. The normalized spacial score (nSPS) is 11.0. The van der Waals surface area contributed by atoms with Crippen LogP contribution in [0.25, 0.3) is 11.3 Å². The minimum absolute atomic E-state index is 0.724. The van der Waals surface area contributed by atoms with Crippen LogP contribution >= 0.6 is 0 Å². The van der Waals surface area contributed by atoms with Crippen molar-refractivity contribution in [2.75, 3.05) is 24.2 Å². The molecule has 2 aromatic heterocycles. The fraction of sp³-hybridized carbons (Fsp3) is 0.529. The van der Waals surface area contributed by atoms with Gasteiger partial charge in [-0.25, -0.2) is 4.98 Å². The van der Waals surface area contributed by atoms with Gasteiger partial charge < -0.3 is 10.6 Å². The molecule has 0 amide bonds. The van der Waals surface area contributed by atoms with E-state index in [4.69, 9.17) is 10.7 Å². The lowest BCUT2D eigenvalue weighted by Gasteiger charge is -2.20. The molecule has 0 unspecified atom stereocenters. The molecule has 120 valence electrons. The van der Waals surface area contributed by atoms with E-state index in [1.807, 2.05) is 30.8 Å². The molecule has 2 aromatic rings. The molecule has 2 N–H and O–H groups in total. The van der Waals surface area contributed by atoms with Gasteiger partial charge in [0, 0.05) is 31.9 Å². The Kier molecular flexibility index (Phi) is 5.06. The molecule has 5 nitrogen and oxygen atoms in total. The summed E-state index contributed by atoms with van der Waals surface area (Å²) in [6, 6.07) is 3.93. The Bertz CT molecular complexity index is 645. The van der Waals surface area contributed by atoms with Gasteiger partial charge in [0.25, 0.3) is 0 Å². The number of aryl methyl sites for hydroxylation is 2. The average molecular weight is 301 g/mol. The van der Waals surface area contributed by atoms with Gasteiger partial charge >= 0.3 is 0 Å². The molecule has 22 heavy (non-hydrogen) atoms. The van der Waals surface area contributed by atoms with Crippen molar-refractivity contribution < 1.29 is 0 Å². The van der Waals surface area contributed by atoms with E-state index in [-0.39, 0.29) is 0 Å². The highest BCUT2D eigenvalue weighted by atomic mass is 15.3. The number of unbranched alkanes of at least 4 members (excludes halogenated alkanes) is 2. The van der Waals surface area contributed by atoms with Crippen LogP contribution in [0.5, 0.6) is 0 Å². The fourth-order valence-corrected chi connectivity index (χ4v) is 2.75. The molecular weight excluding hydrogens is 274 g/mol. The first kappa shape index (κ1) is 16.3. The fourth-order valence-electron chi connectivity index (χ4n) is 2.75. The van der Waals surface area contributed by atoms with Gasteiger partial charge in [-0.1, -0.05) is 19.8 Å². The van der Waals surface area contributed by atoms with Crippen LogP contribution in [0.1, 0.15) is 37.6 Å². The third-order valence-corrected chi connectivity index (χ3v) is 4.13. The second-order valence-electron chi connectivity index (χ2n) is 5.91. The summed E-state index contributed by atoms with van der Waals surface area (Å²) in [5, 5.41) is 4.48. The van der Waals surface area contributed by atoms with Gasteiger partial charge in [-0.3, -0.25) is 4.68 Å². The number of pyridine rings is 1. The molecule has 0 aromatic carbocycles. The van der Waals surface area contributed by atoms with Gasteiger partial charge in [0.15, 0.2) is 5.82 Å². The molecule has 0 aliphatic heterocycles. The van der Waals surface area contributed by atoms with E-state index in [1.54, 1.807) is 0 Å². The molecule has 0 fully saturated rings. The van der Waals surface area contributed by atoms with Crippen LogP contribution < -0.4 is 10.6 Å². The van der Waals surface area contributed by atoms with Gasteiger partial charge in [-0.05, 0) is 32.4 Å². The third kappa shape index (κ3) is 3.24. The molecule has 0 atom stereocenters. The van der Waals surface area contributed by atoms with E-state index in [2.05, 4.69) is 30.9 Å². The largest absolute Gasteiger partial charge is 0.396 e. The Balaban J connectivity index is 2.34. The Hall–Kier alpha value is -2.04. The first-order valence-electron chi connectivity index (χ1n) is 7.94. The minimum Gasteiger partial charge on any atom is -0.396 e. The smallest absolute Gasteiger partial charge is 0.152 e. The van der Waals surface area contributed by atoms with E-state index in [9.17, 15) is 0 Å². The van der Waals surface area contributed by atoms with Crippen molar-refractivity contribution in [2.45, 2.75) is 40.0 Å². The van der Waals surface area contributed by atoms with Crippen molar-refractivity contribution in [3.63, 3.8) is 0 Å². The van der Waals surface area contributed by atoms with Crippen LogP contribution in [0, 0.1) is 13.8 Å². The molecule has 0 aliphatic rings. The molecule has 0 saturated heterocycles. The first-order chi connectivity index (χ1) is 10.5. The lowest BCUT2D eigenvalue weighted by Crippen LogP contribution is -2.21. The molecule has 5 heteroatoms. The maximum Gasteiger partial charge on any atom is 0.152 e. The highest BCUT2D eigenvalue weighted by Gasteiger charge is 2.15. The molecule has 0 spiro atoms. The Morgan fingerprint density at radius 1 is 1.23 bits per heavy atom. The topological polar surface area (TPSA) is 60.0 Å². The summed E-state index contributed by atoms with van der Waals surface area (Å²) in [6.07, 6.45) is 3.60. The summed E-state index contributed by atoms with van der Waals surface area (Å²) in [4.78, 5) is 6.95. The zero-order chi connectivity index (χ0) is 16.3. The highest BCUT2D eigenvalue weighted by molar-refractivity contribution is 5.72. The monoisotopic (exact) mass is 301 g/mol. The second kappa shape index (κ2) is 6.81. The van der Waals surface area contributed by atoms with E-state index in [0.717, 1.165) is 47.1 Å². The van der Waals surface area contributed by atoms with Crippen LogP contribution in [0.15, 0.2) is 12.1 Å². The summed E-state index contributed by atoms with van der Waals surface area (Å²) in [5.41, 5.74) is 11.0. The number of nitrogens with two attached hydrogens (primary N) is 1. The maximum absolute atomic E-state index is 6.13. The highest BCUT2D eigenvalue weighted by Crippen LogP contribution is 2.29. The summed E-state index contributed by atoms with van der Waals surface area (Å²) in [5.74, 6) is 0.858. The van der Waals surface area contributed by atoms with Gasteiger partial charge in [0.1, 0.15) is 0 Å². The molecule has 0 bridgehead atoms. The van der Waals surface area contributed by atoms with Crippen LogP contribution in [0.3, 0.4) is 0 Å². The molecule has 0 saturated carbocycles. The lowest BCUT2D eigenvalue weighted by atomic mass is 10.1. The standard InChI is InChI=1S/C17H27N5/c1-6-7-8-11-21(4)17-14(18)9-10-15(19-17)16-12(2)20-22(5)13(16)3/h9-10H,6-8,11,18H2,1-5H3. The number of nitrogen functional groups attached to an aromatic ring is 1. The zero-order valence-electron chi connectivity index (χ0n) is 14.3. The van der Waals surface area contributed by atoms with E-state index in [1.165, 1.54) is 12.8 Å². The van der Waals surface area contributed by atoms with Crippen molar-refractivity contribution in [2.24, 2.45) is 7.05 Å². The summed E-state index contributed by atoms with van der Waals surface area (Å²) >= 11 is 0. The van der Waals surface area contributed by atoms with E-state index >= 15 is 0 Å². The van der Waals surface area contributed by atoms with Crippen molar-refractivity contribution in [3.8, 4) is 11.3 Å². The van der Waals surface area contributed by atoms with Crippen molar-refractivity contribution >= 4 is 11.5 Å². The maximum atomic E-state index is 6.13. The van der Waals surface area contributed by atoms with Crippen LogP contribution in [-0.4, -0.2) is 28.4 Å². The third-order valence-electron chi connectivity index (χ3n) is 4.13. The zero-order valence-corrected chi connectivity index (χ0v) is 14.3. The van der Waals surface area contributed by atoms with E-state index < -0.39 is 0 Å². The predicted octanol–water partition coefficient (Wildman–Crippen LogP) is 3.31. The summed E-state index contributed by atoms with van der Waals surface area (Å²) in [6.45, 7) is 7.27. The van der Waals surface area contributed by atoms with Crippen molar-refractivity contribution in [3.05, 3.63) is 23.5 Å². The Morgan fingerprint density at radius 3 is 2.55 bits per heavy atom. The number of rotatable bonds is 6. The second-order valence-corrected chi connectivity index (χ2v) is 5.91. The van der Waals surface area contributed by atoms with Gasteiger partial charge in [0.05, 0.1) is 17.1 Å². The molecule has 2 rings (SSSR count). The number of nitrogens with zero attached hydrogens (tertiary/aromatic N) is 4. The molecule has 0 aliphatic carbocycles. The first-order valence-corrected chi connectivity index (χ1v) is 7.94. The average Bonchev–Trinajstić information content (AvgIpc) is 2.73. The van der Waals surface area contributed by atoms with Gasteiger partial charge in [-0.2, -0.15) is 5.10 Å². The Morgan fingerprint density at radius 2 is 1.95 bits per heavy atom. The lowest BCUT2D eigenvalue weighted by molar-refractivity contribution is 0.702. The van der Waals surface area contributed by atoms with Gasteiger partial charge in [0.2, 0.25) is 0 Å². The molecule has 0 radical (unpaired) electrons. The van der Waals surface area contributed by atoms with E-state index in [0.29, 0.717) is 0 Å². The van der Waals surface area contributed by atoms with Crippen molar-refractivity contribution in [1.82, 2.24) is 14.8 Å². The predicted molar refractivity (Wildman–Crippen MR) is 93.1 cm³/mol. The number of hydrogen-bond acceptors (Lipinski definition) is 4. The summed E-state index contributed by atoms with van der Waals surface area (Å²) < 4.78 is 1.90. The minimum atomic E-state index is 0.724. The van der Waals surface area contributed by atoms with Gasteiger partial charge in [-0.15, -0.1) is 0 Å². The van der Waals surface area contributed by atoms with Crippen LogP contribution in [0.2, 0.25) is 0 Å². The number of hydrogen-bond donors (Lipinski definition) is 1. The number of anilines is 2. The molecule has 2 heterocycles. The quantitative estimate of drug-likeness (QED) is 0.832.